The standard InChI is InChI=1S/C19H20FN3O5/c1-27-14-7-11(2-5-13(14)20)17-16(19(25)26)18(22-28-17)21-8-10-6-15(24)23(9-10)12-3-4-12/h2,5,7,10,12H,3-4,6,8-9H2,1H3,(H,21,22)(H,25,26). The molecular weight excluding hydrogens is 369 g/mol. The average Bonchev–Trinajstić information content (AvgIpc) is 3.31. The number of aromatic carboxylic acids is 1. The van der Waals surface area contributed by atoms with E-state index in [0.29, 0.717) is 31.1 Å². The minimum Gasteiger partial charge on any atom is -0.494 e. The van der Waals surface area contributed by atoms with Crippen molar-refractivity contribution >= 4 is 17.7 Å². The fourth-order valence-corrected chi connectivity index (χ4v) is 3.53. The van der Waals surface area contributed by atoms with Crippen LogP contribution >= 0.6 is 0 Å². The van der Waals surface area contributed by atoms with Gasteiger partial charge in [-0.1, -0.05) is 5.16 Å². The summed E-state index contributed by atoms with van der Waals surface area (Å²) in [7, 11) is 1.32. The van der Waals surface area contributed by atoms with Crippen LogP contribution in [0.1, 0.15) is 29.6 Å². The van der Waals surface area contributed by atoms with E-state index in [9.17, 15) is 19.1 Å². The Labute approximate surface area is 160 Å². The number of anilines is 1. The van der Waals surface area contributed by atoms with E-state index < -0.39 is 11.8 Å². The Balaban J connectivity index is 1.52. The SMILES string of the molecule is COc1cc(-c2onc(NCC3CC(=O)N(C4CC4)C3)c2C(=O)O)ccc1F. The van der Waals surface area contributed by atoms with Crippen molar-refractivity contribution in [1.29, 1.82) is 0 Å². The van der Waals surface area contributed by atoms with E-state index in [1.807, 2.05) is 4.90 Å². The molecule has 2 N–H and O–H groups in total. The molecule has 1 aromatic carbocycles. The predicted molar refractivity (Wildman–Crippen MR) is 96.7 cm³/mol. The first-order chi connectivity index (χ1) is 13.5. The zero-order valence-electron chi connectivity index (χ0n) is 15.3. The van der Waals surface area contributed by atoms with Crippen LogP contribution in [0.5, 0.6) is 5.75 Å². The fraction of sp³-hybridized carbons (Fsp3) is 0.421. The Morgan fingerprint density at radius 1 is 1.46 bits per heavy atom. The summed E-state index contributed by atoms with van der Waals surface area (Å²) >= 11 is 0. The molecule has 1 atom stereocenters. The number of methoxy groups -OCH3 is 1. The lowest BCUT2D eigenvalue weighted by Crippen LogP contribution is -2.28. The molecule has 1 saturated carbocycles. The lowest BCUT2D eigenvalue weighted by molar-refractivity contribution is -0.128. The molecule has 1 unspecified atom stereocenters. The van der Waals surface area contributed by atoms with Crippen LogP contribution in [-0.2, 0) is 4.79 Å². The maximum absolute atomic E-state index is 13.6. The van der Waals surface area contributed by atoms with Crippen LogP contribution in [-0.4, -0.2) is 53.3 Å². The molecule has 0 bridgehead atoms. The number of amides is 1. The summed E-state index contributed by atoms with van der Waals surface area (Å²) < 4.78 is 23.8. The van der Waals surface area contributed by atoms with Crippen LogP contribution in [0.25, 0.3) is 11.3 Å². The average molecular weight is 389 g/mol. The number of carbonyl (C=O) groups excluding carboxylic acids is 1. The lowest BCUT2D eigenvalue weighted by atomic mass is 10.1. The van der Waals surface area contributed by atoms with Gasteiger partial charge in [0.25, 0.3) is 0 Å². The van der Waals surface area contributed by atoms with E-state index in [1.165, 1.54) is 25.3 Å². The first-order valence-electron chi connectivity index (χ1n) is 9.08. The molecule has 2 aliphatic rings. The quantitative estimate of drug-likeness (QED) is 0.750. The molecule has 2 fully saturated rings. The van der Waals surface area contributed by atoms with E-state index in [0.717, 1.165) is 12.8 Å². The van der Waals surface area contributed by atoms with Gasteiger partial charge in [0.15, 0.2) is 28.7 Å². The number of ether oxygens (including phenoxy) is 1. The lowest BCUT2D eigenvalue weighted by Gasteiger charge is -2.15. The number of hydrogen-bond acceptors (Lipinski definition) is 6. The Hall–Kier alpha value is -3.10. The van der Waals surface area contributed by atoms with E-state index in [-0.39, 0.29) is 34.7 Å². The van der Waals surface area contributed by atoms with Gasteiger partial charge < -0.3 is 24.6 Å². The fourth-order valence-electron chi connectivity index (χ4n) is 3.53. The number of likely N-dealkylation sites (tertiary alicyclic amines) is 1. The van der Waals surface area contributed by atoms with Gasteiger partial charge in [0.05, 0.1) is 7.11 Å². The molecule has 1 aliphatic carbocycles. The normalized spacial score (nSPS) is 19.1. The van der Waals surface area contributed by atoms with Gasteiger partial charge >= 0.3 is 5.97 Å². The van der Waals surface area contributed by atoms with Crippen molar-refractivity contribution in [2.75, 3.05) is 25.5 Å². The second-order valence-corrected chi connectivity index (χ2v) is 7.12. The largest absolute Gasteiger partial charge is 0.494 e. The first-order valence-corrected chi connectivity index (χ1v) is 9.08. The van der Waals surface area contributed by atoms with Crippen LogP contribution in [0.2, 0.25) is 0 Å². The highest BCUT2D eigenvalue weighted by Gasteiger charge is 2.39. The topological polar surface area (TPSA) is 105 Å². The molecule has 8 nitrogen and oxygen atoms in total. The Bertz CT molecular complexity index is 924. The monoisotopic (exact) mass is 389 g/mol. The van der Waals surface area contributed by atoms with E-state index >= 15 is 0 Å². The van der Waals surface area contributed by atoms with Crippen LogP contribution < -0.4 is 10.1 Å². The van der Waals surface area contributed by atoms with E-state index in [4.69, 9.17) is 9.26 Å². The van der Waals surface area contributed by atoms with Crippen LogP contribution in [0.4, 0.5) is 10.2 Å². The van der Waals surface area contributed by atoms with Crippen LogP contribution in [0.15, 0.2) is 22.7 Å². The Morgan fingerprint density at radius 3 is 2.93 bits per heavy atom. The molecular formula is C19H20FN3O5. The van der Waals surface area contributed by atoms with Crippen molar-refractivity contribution in [3.05, 3.63) is 29.6 Å². The minimum absolute atomic E-state index is 0.00963. The number of rotatable bonds is 7. The molecule has 1 amide bonds. The molecule has 1 saturated heterocycles. The molecule has 0 radical (unpaired) electrons. The van der Waals surface area contributed by atoms with Gasteiger partial charge in [0.2, 0.25) is 5.91 Å². The zero-order valence-corrected chi connectivity index (χ0v) is 15.3. The van der Waals surface area contributed by atoms with Crippen molar-refractivity contribution < 1.29 is 28.3 Å². The third kappa shape index (κ3) is 3.39. The smallest absolute Gasteiger partial charge is 0.343 e. The molecule has 4 rings (SSSR count). The highest BCUT2D eigenvalue weighted by atomic mass is 19.1. The molecule has 1 aliphatic heterocycles. The number of carboxylic acids is 1. The summed E-state index contributed by atoms with van der Waals surface area (Å²) in [5.74, 6) is -1.48. The van der Waals surface area contributed by atoms with Crippen molar-refractivity contribution in [2.24, 2.45) is 5.92 Å². The van der Waals surface area contributed by atoms with Gasteiger partial charge in [-0.15, -0.1) is 0 Å². The van der Waals surface area contributed by atoms with E-state index in [2.05, 4.69) is 10.5 Å². The Morgan fingerprint density at radius 2 is 2.25 bits per heavy atom. The molecule has 28 heavy (non-hydrogen) atoms. The summed E-state index contributed by atoms with van der Waals surface area (Å²) in [4.78, 5) is 25.8. The van der Waals surface area contributed by atoms with Crippen molar-refractivity contribution in [1.82, 2.24) is 10.1 Å². The second kappa shape index (κ2) is 7.14. The first kappa shape index (κ1) is 18.3. The highest BCUT2D eigenvalue weighted by molar-refractivity contribution is 5.99. The number of carbonyl (C=O) groups is 2. The van der Waals surface area contributed by atoms with Crippen molar-refractivity contribution in [2.45, 2.75) is 25.3 Å². The van der Waals surface area contributed by atoms with E-state index in [1.54, 1.807) is 0 Å². The van der Waals surface area contributed by atoms with Crippen LogP contribution in [0, 0.1) is 11.7 Å². The summed E-state index contributed by atoms with van der Waals surface area (Å²) in [6.07, 6.45) is 2.55. The summed E-state index contributed by atoms with van der Waals surface area (Å²) in [6, 6.07) is 4.30. The number of carboxylic acid groups (broad SMARTS) is 1. The van der Waals surface area contributed by atoms with Gasteiger partial charge in [-0.05, 0) is 31.0 Å². The predicted octanol–water partition coefficient (Wildman–Crippen LogP) is 2.61. The number of hydrogen-bond donors (Lipinski definition) is 2. The van der Waals surface area contributed by atoms with Gasteiger partial charge in [0, 0.05) is 37.0 Å². The van der Waals surface area contributed by atoms with Gasteiger partial charge in [-0.3, -0.25) is 4.79 Å². The second-order valence-electron chi connectivity index (χ2n) is 7.12. The summed E-state index contributed by atoms with van der Waals surface area (Å²) in [5.41, 5.74) is 0.198. The molecule has 2 heterocycles. The molecule has 2 aromatic rings. The van der Waals surface area contributed by atoms with Gasteiger partial charge in [-0.2, -0.15) is 0 Å². The number of aromatic nitrogens is 1. The number of nitrogens with one attached hydrogen (secondary N) is 1. The third-order valence-electron chi connectivity index (χ3n) is 5.10. The van der Waals surface area contributed by atoms with Crippen molar-refractivity contribution in [3.8, 4) is 17.1 Å². The van der Waals surface area contributed by atoms with Crippen LogP contribution in [0.3, 0.4) is 0 Å². The van der Waals surface area contributed by atoms with Gasteiger partial charge in [0.1, 0.15) is 0 Å². The minimum atomic E-state index is -1.22. The molecule has 148 valence electrons. The van der Waals surface area contributed by atoms with Crippen molar-refractivity contribution in [3.63, 3.8) is 0 Å². The molecule has 0 spiro atoms. The molecule has 9 heteroatoms. The Kier molecular flexibility index (Phi) is 4.66. The summed E-state index contributed by atoms with van der Waals surface area (Å²) in [5, 5.41) is 16.5. The maximum Gasteiger partial charge on any atom is 0.343 e. The van der Waals surface area contributed by atoms with Gasteiger partial charge in [-0.25, -0.2) is 9.18 Å². The highest BCUT2D eigenvalue weighted by Crippen LogP contribution is 2.34. The number of nitrogens with zero attached hydrogens (tertiary/aromatic N) is 2. The number of benzene rings is 1. The molecule has 1 aromatic heterocycles. The zero-order chi connectivity index (χ0) is 19.8. The number of halogens is 1. The summed E-state index contributed by atoms with van der Waals surface area (Å²) in [6.45, 7) is 1.08. The maximum atomic E-state index is 13.6. The third-order valence-corrected chi connectivity index (χ3v) is 5.10.